The van der Waals surface area contributed by atoms with Crippen LogP contribution in [0.2, 0.25) is 0 Å². The first-order valence-corrected chi connectivity index (χ1v) is 6.28. The van der Waals surface area contributed by atoms with Crippen molar-refractivity contribution in [3.8, 4) is 5.75 Å². The molecule has 0 aliphatic heterocycles. The zero-order chi connectivity index (χ0) is 12.3. The van der Waals surface area contributed by atoms with Crippen molar-refractivity contribution in [3.63, 3.8) is 0 Å². The van der Waals surface area contributed by atoms with E-state index >= 15 is 0 Å². The Morgan fingerprint density at radius 1 is 1.47 bits per heavy atom. The van der Waals surface area contributed by atoms with E-state index in [0.29, 0.717) is 13.0 Å². The van der Waals surface area contributed by atoms with E-state index in [1.165, 1.54) is 5.56 Å². The number of aryl methyl sites for hydroxylation is 1. The first kappa shape index (κ1) is 12.4. The number of hydrogen-bond acceptors (Lipinski definition) is 3. The molecule has 1 aliphatic rings. The van der Waals surface area contributed by atoms with E-state index in [4.69, 9.17) is 9.84 Å². The standard InChI is InChI=1S/C14H20O3/c1-10(15)7-8-17-12-6-5-11-3-2-4-14(16)13(11)9-12/h5-6,9-10,14-16H,2-4,7-8H2,1H3/t10?,14-/m1/s1. The first-order chi connectivity index (χ1) is 8.16. The fraction of sp³-hybridized carbons (Fsp3) is 0.571. The average Bonchev–Trinajstić information content (AvgIpc) is 2.30. The Bertz CT molecular complexity index is 374. The highest BCUT2D eigenvalue weighted by atomic mass is 16.5. The maximum Gasteiger partial charge on any atom is 0.119 e. The van der Waals surface area contributed by atoms with Crippen molar-refractivity contribution in [2.24, 2.45) is 0 Å². The molecule has 94 valence electrons. The van der Waals surface area contributed by atoms with Crippen LogP contribution in [0.1, 0.15) is 43.4 Å². The molecule has 3 heteroatoms. The monoisotopic (exact) mass is 236 g/mol. The minimum atomic E-state index is -0.348. The third kappa shape index (κ3) is 3.20. The van der Waals surface area contributed by atoms with Crippen LogP contribution in [-0.2, 0) is 6.42 Å². The van der Waals surface area contributed by atoms with Gasteiger partial charge in [0.05, 0.1) is 18.8 Å². The summed E-state index contributed by atoms with van der Waals surface area (Å²) in [6, 6.07) is 5.91. The number of aliphatic hydroxyl groups is 2. The average molecular weight is 236 g/mol. The molecule has 0 fully saturated rings. The van der Waals surface area contributed by atoms with Gasteiger partial charge in [-0.2, -0.15) is 0 Å². The molecule has 1 aromatic carbocycles. The lowest BCUT2D eigenvalue weighted by atomic mass is 9.89. The highest BCUT2D eigenvalue weighted by molar-refractivity contribution is 5.38. The number of fused-ring (bicyclic) bond motifs is 1. The number of hydrogen-bond donors (Lipinski definition) is 2. The lowest BCUT2D eigenvalue weighted by Crippen LogP contribution is -2.11. The Hall–Kier alpha value is -1.06. The minimum absolute atomic E-state index is 0.335. The zero-order valence-corrected chi connectivity index (χ0v) is 10.2. The molecule has 0 radical (unpaired) electrons. The molecule has 2 atom stereocenters. The molecule has 1 aromatic rings. The number of benzene rings is 1. The van der Waals surface area contributed by atoms with Crippen LogP contribution in [0.3, 0.4) is 0 Å². The molecule has 0 bridgehead atoms. The quantitative estimate of drug-likeness (QED) is 0.842. The summed E-state index contributed by atoms with van der Waals surface area (Å²) in [5.74, 6) is 0.783. The molecule has 17 heavy (non-hydrogen) atoms. The smallest absolute Gasteiger partial charge is 0.119 e. The van der Waals surface area contributed by atoms with Crippen LogP contribution < -0.4 is 4.74 Å². The molecule has 0 aromatic heterocycles. The molecule has 2 N–H and O–H groups in total. The third-order valence-corrected chi connectivity index (χ3v) is 3.20. The van der Waals surface area contributed by atoms with Crippen molar-refractivity contribution >= 4 is 0 Å². The van der Waals surface area contributed by atoms with Gasteiger partial charge in [0.25, 0.3) is 0 Å². The minimum Gasteiger partial charge on any atom is -0.493 e. The van der Waals surface area contributed by atoms with Crippen molar-refractivity contribution in [1.82, 2.24) is 0 Å². The van der Waals surface area contributed by atoms with Crippen molar-refractivity contribution in [2.45, 2.75) is 44.8 Å². The third-order valence-electron chi connectivity index (χ3n) is 3.20. The van der Waals surface area contributed by atoms with Gasteiger partial charge in [-0.15, -0.1) is 0 Å². The predicted molar refractivity (Wildman–Crippen MR) is 66.1 cm³/mol. The summed E-state index contributed by atoms with van der Waals surface area (Å²) in [5, 5.41) is 19.0. The summed E-state index contributed by atoms with van der Waals surface area (Å²) in [6.45, 7) is 2.26. The molecule has 0 spiro atoms. The van der Waals surface area contributed by atoms with Gasteiger partial charge in [0.15, 0.2) is 0 Å². The second kappa shape index (κ2) is 5.52. The molecule has 1 unspecified atom stereocenters. The number of ether oxygens (including phenoxy) is 1. The van der Waals surface area contributed by atoms with E-state index in [9.17, 15) is 5.11 Å². The van der Waals surface area contributed by atoms with Gasteiger partial charge in [-0.1, -0.05) is 6.07 Å². The largest absolute Gasteiger partial charge is 0.493 e. The van der Waals surface area contributed by atoms with Crippen molar-refractivity contribution in [2.75, 3.05) is 6.61 Å². The van der Waals surface area contributed by atoms with E-state index in [1.54, 1.807) is 6.92 Å². The van der Waals surface area contributed by atoms with E-state index < -0.39 is 0 Å². The second-order valence-corrected chi connectivity index (χ2v) is 4.75. The second-order valence-electron chi connectivity index (χ2n) is 4.75. The summed E-state index contributed by atoms with van der Waals surface area (Å²) < 4.78 is 5.56. The van der Waals surface area contributed by atoms with E-state index in [0.717, 1.165) is 30.6 Å². The van der Waals surface area contributed by atoms with Gasteiger partial charge < -0.3 is 14.9 Å². The van der Waals surface area contributed by atoms with Gasteiger partial charge in [0.2, 0.25) is 0 Å². The van der Waals surface area contributed by atoms with E-state index in [-0.39, 0.29) is 12.2 Å². The molecule has 2 rings (SSSR count). The Morgan fingerprint density at radius 2 is 2.29 bits per heavy atom. The van der Waals surface area contributed by atoms with E-state index in [2.05, 4.69) is 0 Å². The van der Waals surface area contributed by atoms with Crippen LogP contribution in [0.5, 0.6) is 5.75 Å². The van der Waals surface area contributed by atoms with Crippen molar-refractivity contribution < 1.29 is 14.9 Å². The predicted octanol–water partition coefficient (Wildman–Crippen LogP) is 2.21. The maximum atomic E-state index is 9.90. The van der Waals surface area contributed by atoms with E-state index in [1.807, 2.05) is 18.2 Å². The highest BCUT2D eigenvalue weighted by Gasteiger charge is 2.18. The molecule has 0 saturated heterocycles. The highest BCUT2D eigenvalue weighted by Crippen LogP contribution is 2.32. The number of aliphatic hydroxyl groups excluding tert-OH is 2. The summed E-state index contributed by atoms with van der Waals surface area (Å²) in [7, 11) is 0. The van der Waals surface area contributed by atoms with Crippen LogP contribution in [0.4, 0.5) is 0 Å². The topological polar surface area (TPSA) is 49.7 Å². The Balaban J connectivity index is 2.02. The summed E-state index contributed by atoms with van der Waals surface area (Å²) >= 11 is 0. The summed E-state index contributed by atoms with van der Waals surface area (Å²) in [4.78, 5) is 0. The lowest BCUT2D eigenvalue weighted by Gasteiger charge is -2.22. The van der Waals surface area contributed by atoms with Crippen LogP contribution in [-0.4, -0.2) is 22.9 Å². The number of rotatable bonds is 4. The Morgan fingerprint density at radius 3 is 3.06 bits per heavy atom. The fourth-order valence-corrected chi connectivity index (χ4v) is 2.19. The van der Waals surface area contributed by atoms with Crippen LogP contribution in [0, 0.1) is 0 Å². The van der Waals surface area contributed by atoms with Gasteiger partial charge in [0.1, 0.15) is 5.75 Å². The fourth-order valence-electron chi connectivity index (χ4n) is 2.19. The van der Waals surface area contributed by atoms with Crippen LogP contribution in [0.15, 0.2) is 18.2 Å². The molecular weight excluding hydrogens is 216 g/mol. The Labute approximate surface area is 102 Å². The molecule has 3 nitrogen and oxygen atoms in total. The van der Waals surface area contributed by atoms with Crippen LogP contribution in [0.25, 0.3) is 0 Å². The van der Waals surface area contributed by atoms with Crippen molar-refractivity contribution in [1.29, 1.82) is 0 Å². The molecule has 0 saturated carbocycles. The van der Waals surface area contributed by atoms with Gasteiger partial charge in [-0.25, -0.2) is 0 Å². The maximum absolute atomic E-state index is 9.90. The van der Waals surface area contributed by atoms with Gasteiger partial charge in [-0.05, 0) is 49.4 Å². The van der Waals surface area contributed by atoms with Crippen LogP contribution >= 0.6 is 0 Å². The summed E-state index contributed by atoms with van der Waals surface area (Å²) in [6.07, 6.45) is 2.87. The molecular formula is C14H20O3. The van der Waals surface area contributed by atoms with Gasteiger partial charge in [0, 0.05) is 6.42 Å². The molecule has 0 heterocycles. The van der Waals surface area contributed by atoms with Gasteiger partial charge >= 0.3 is 0 Å². The first-order valence-electron chi connectivity index (χ1n) is 6.28. The molecule has 0 amide bonds. The normalized spacial score (nSPS) is 20.8. The van der Waals surface area contributed by atoms with Gasteiger partial charge in [-0.3, -0.25) is 0 Å². The lowest BCUT2D eigenvalue weighted by molar-refractivity contribution is 0.151. The zero-order valence-electron chi connectivity index (χ0n) is 10.2. The Kier molecular flexibility index (Phi) is 4.02. The molecule has 1 aliphatic carbocycles. The summed E-state index contributed by atoms with van der Waals surface area (Å²) in [5.41, 5.74) is 2.23. The SMILES string of the molecule is CC(O)CCOc1ccc2c(c1)[C@H](O)CCC2. The van der Waals surface area contributed by atoms with Crippen molar-refractivity contribution in [3.05, 3.63) is 29.3 Å².